The molecule has 1 aliphatic heterocycles. The molecule has 0 spiro atoms. The summed E-state index contributed by atoms with van der Waals surface area (Å²) in [6, 6.07) is 0. The standard InChI is InChI=1S/C8H14N4O/c1-13-5-4-12-8-2-3-9-6-7(8)10-11-12/h9H,2-6H2,1H3. The lowest BCUT2D eigenvalue weighted by molar-refractivity contribution is 0.181. The minimum atomic E-state index is 0.698. The Labute approximate surface area is 77.1 Å². The smallest absolute Gasteiger partial charge is 0.0997 e. The normalized spacial score (nSPS) is 15.8. The summed E-state index contributed by atoms with van der Waals surface area (Å²) in [4.78, 5) is 0. The molecule has 1 aliphatic rings. The lowest BCUT2D eigenvalue weighted by atomic mass is 10.2. The molecule has 0 amide bonds. The number of nitrogens with one attached hydrogen (secondary N) is 1. The van der Waals surface area contributed by atoms with Crippen LogP contribution in [-0.2, 0) is 24.2 Å². The van der Waals surface area contributed by atoms with E-state index in [2.05, 4.69) is 15.6 Å². The number of aromatic nitrogens is 3. The fourth-order valence-corrected chi connectivity index (χ4v) is 1.55. The van der Waals surface area contributed by atoms with Crippen LogP contribution in [0.25, 0.3) is 0 Å². The summed E-state index contributed by atoms with van der Waals surface area (Å²) >= 11 is 0. The Hall–Kier alpha value is -0.940. The second kappa shape index (κ2) is 3.85. The van der Waals surface area contributed by atoms with Crippen molar-refractivity contribution < 1.29 is 4.74 Å². The topological polar surface area (TPSA) is 52.0 Å². The molecule has 0 aliphatic carbocycles. The molecule has 0 bridgehead atoms. The summed E-state index contributed by atoms with van der Waals surface area (Å²) in [5.74, 6) is 0. The number of fused-ring (bicyclic) bond motifs is 1. The van der Waals surface area contributed by atoms with Gasteiger partial charge in [0.05, 0.1) is 24.5 Å². The van der Waals surface area contributed by atoms with Gasteiger partial charge in [-0.25, -0.2) is 4.68 Å². The molecule has 13 heavy (non-hydrogen) atoms. The highest BCUT2D eigenvalue weighted by Gasteiger charge is 2.15. The summed E-state index contributed by atoms with van der Waals surface area (Å²) in [6.07, 6.45) is 1.02. The van der Waals surface area contributed by atoms with Crippen LogP contribution in [0, 0.1) is 0 Å². The number of nitrogens with zero attached hydrogens (tertiary/aromatic N) is 3. The molecule has 0 fully saturated rings. The van der Waals surface area contributed by atoms with Crippen LogP contribution >= 0.6 is 0 Å². The SMILES string of the molecule is COCCn1nnc2c1CCNC2. The van der Waals surface area contributed by atoms with Gasteiger partial charge in [-0.1, -0.05) is 5.21 Å². The van der Waals surface area contributed by atoms with E-state index in [-0.39, 0.29) is 0 Å². The number of hydrogen-bond acceptors (Lipinski definition) is 4. The van der Waals surface area contributed by atoms with Gasteiger partial charge in [-0.05, 0) is 0 Å². The van der Waals surface area contributed by atoms with E-state index in [1.54, 1.807) is 7.11 Å². The van der Waals surface area contributed by atoms with E-state index in [9.17, 15) is 0 Å². The quantitative estimate of drug-likeness (QED) is 0.689. The highest BCUT2D eigenvalue weighted by Crippen LogP contribution is 2.09. The maximum atomic E-state index is 5.00. The van der Waals surface area contributed by atoms with Crippen LogP contribution in [0.3, 0.4) is 0 Å². The van der Waals surface area contributed by atoms with Crippen molar-refractivity contribution in [3.63, 3.8) is 0 Å². The summed E-state index contributed by atoms with van der Waals surface area (Å²) in [6.45, 7) is 3.37. The summed E-state index contributed by atoms with van der Waals surface area (Å²) < 4.78 is 6.95. The lowest BCUT2D eigenvalue weighted by Crippen LogP contribution is -2.25. The van der Waals surface area contributed by atoms with E-state index in [1.807, 2.05) is 4.68 Å². The maximum absolute atomic E-state index is 5.00. The minimum Gasteiger partial charge on any atom is -0.383 e. The zero-order valence-electron chi connectivity index (χ0n) is 7.79. The molecule has 2 rings (SSSR count). The van der Waals surface area contributed by atoms with Crippen molar-refractivity contribution in [1.82, 2.24) is 20.3 Å². The van der Waals surface area contributed by atoms with E-state index in [0.29, 0.717) is 6.61 Å². The fourth-order valence-electron chi connectivity index (χ4n) is 1.55. The molecule has 1 N–H and O–H groups in total. The Kier molecular flexibility index (Phi) is 2.56. The third-order valence-corrected chi connectivity index (χ3v) is 2.26. The molecule has 2 heterocycles. The molecular formula is C8H14N4O. The van der Waals surface area contributed by atoms with Crippen molar-refractivity contribution in [2.75, 3.05) is 20.3 Å². The van der Waals surface area contributed by atoms with Crippen LogP contribution < -0.4 is 5.32 Å². The van der Waals surface area contributed by atoms with E-state index in [1.165, 1.54) is 5.69 Å². The van der Waals surface area contributed by atoms with Gasteiger partial charge in [0, 0.05) is 26.6 Å². The third-order valence-electron chi connectivity index (χ3n) is 2.26. The average Bonchev–Trinajstić information content (AvgIpc) is 2.58. The number of hydrogen-bond donors (Lipinski definition) is 1. The first-order valence-corrected chi connectivity index (χ1v) is 4.52. The van der Waals surface area contributed by atoms with Crippen LogP contribution in [-0.4, -0.2) is 35.3 Å². The van der Waals surface area contributed by atoms with E-state index < -0.39 is 0 Å². The van der Waals surface area contributed by atoms with Crippen molar-refractivity contribution in [3.8, 4) is 0 Å². The van der Waals surface area contributed by atoms with Crippen molar-refractivity contribution in [3.05, 3.63) is 11.4 Å². The molecule has 0 atom stereocenters. The van der Waals surface area contributed by atoms with Crippen LogP contribution in [0.2, 0.25) is 0 Å². The summed E-state index contributed by atoms with van der Waals surface area (Å²) in [5, 5.41) is 11.4. The Morgan fingerprint density at radius 3 is 3.38 bits per heavy atom. The maximum Gasteiger partial charge on any atom is 0.0997 e. The molecule has 0 radical (unpaired) electrons. The molecule has 72 valence electrons. The molecule has 5 heteroatoms. The summed E-state index contributed by atoms with van der Waals surface area (Å²) in [7, 11) is 1.70. The van der Waals surface area contributed by atoms with Crippen molar-refractivity contribution in [2.45, 2.75) is 19.5 Å². The number of rotatable bonds is 3. The van der Waals surface area contributed by atoms with Gasteiger partial charge in [0.25, 0.3) is 0 Å². The molecule has 0 saturated heterocycles. The summed E-state index contributed by atoms with van der Waals surface area (Å²) in [5.41, 5.74) is 2.35. The molecule has 1 aromatic rings. The predicted octanol–water partition coefficient (Wildman–Crippen LogP) is -0.430. The zero-order chi connectivity index (χ0) is 9.10. The largest absolute Gasteiger partial charge is 0.383 e. The van der Waals surface area contributed by atoms with Crippen LogP contribution in [0.15, 0.2) is 0 Å². The van der Waals surface area contributed by atoms with Gasteiger partial charge in [0.1, 0.15) is 0 Å². The van der Waals surface area contributed by atoms with Crippen LogP contribution in [0.1, 0.15) is 11.4 Å². The Morgan fingerprint density at radius 2 is 2.54 bits per heavy atom. The van der Waals surface area contributed by atoms with Gasteiger partial charge >= 0.3 is 0 Å². The predicted molar refractivity (Wildman–Crippen MR) is 47.3 cm³/mol. The highest BCUT2D eigenvalue weighted by molar-refractivity contribution is 5.13. The third kappa shape index (κ3) is 1.71. The Balaban J connectivity index is 2.12. The Morgan fingerprint density at radius 1 is 1.62 bits per heavy atom. The molecule has 0 saturated carbocycles. The molecular weight excluding hydrogens is 168 g/mol. The lowest BCUT2D eigenvalue weighted by Gasteiger charge is -2.12. The molecule has 1 aromatic heterocycles. The van der Waals surface area contributed by atoms with Gasteiger partial charge < -0.3 is 10.1 Å². The zero-order valence-corrected chi connectivity index (χ0v) is 7.79. The second-order valence-corrected chi connectivity index (χ2v) is 3.13. The molecule has 0 aromatic carbocycles. The van der Waals surface area contributed by atoms with Gasteiger partial charge in [-0.3, -0.25) is 0 Å². The molecule has 0 unspecified atom stereocenters. The van der Waals surface area contributed by atoms with Crippen molar-refractivity contribution in [2.24, 2.45) is 0 Å². The van der Waals surface area contributed by atoms with Gasteiger partial charge in [0.2, 0.25) is 0 Å². The second-order valence-electron chi connectivity index (χ2n) is 3.13. The first-order valence-electron chi connectivity index (χ1n) is 4.52. The van der Waals surface area contributed by atoms with Crippen molar-refractivity contribution >= 4 is 0 Å². The fraction of sp³-hybridized carbons (Fsp3) is 0.750. The van der Waals surface area contributed by atoms with Gasteiger partial charge in [-0.2, -0.15) is 0 Å². The average molecular weight is 182 g/mol. The molecule has 5 nitrogen and oxygen atoms in total. The van der Waals surface area contributed by atoms with Crippen LogP contribution in [0.5, 0.6) is 0 Å². The highest BCUT2D eigenvalue weighted by atomic mass is 16.5. The van der Waals surface area contributed by atoms with Crippen molar-refractivity contribution in [1.29, 1.82) is 0 Å². The number of methoxy groups -OCH3 is 1. The van der Waals surface area contributed by atoms with E-state index >= 15 is 0 Å². The van der Waals surface area contributed by atoms with E-state index in [4.69, 9.17) is 4.74 Å². The van der Waals surface area contributed by atoms with E-state index in [0.717, 1.165) is 31.7 Å². The monoisotopic (exact) mass is 182 g/mol. The minimum absolute atomic E-state index is 0.698. The number of ether oxygens (including phenoxy) is 1. The van der Waals surface area contributed by atoms with Gasteiger partial charge in [0.15, 0.2) is 0 Å². The van der Waals surface area contributed by atoms with Gasteiger partial charge in [-0.15, -0.1) is 5.10 Å². The Bertz CT molecular complexity index is 284. The first-order chi connectivity index (χ1) is 6.42. The first kappa shape index (κ1) is 8.65. The van der Waals surface area contributed by atoms with Crippen LogP contribution in [0.4, 0.5) is 0 Å².